The minimum absolute atomic E-state index is 0.680. The van der Waals surface area contributed by atoms with Crippen molar-refractivity contribution in [1.29, 1.82) is 0 Å². The van der Waals surface area contributed by atoms with Gasteiger partial charge in [0.05, 0.1) is 5.69 Å². The lowest BCUT2D eigenvalue weighted by Gasteiger charge is -2.25. The van der Waals surface area contributed by atoms with Gasteiger partial charge in [-0.3, -0.25) is 4.90 Å². The van der Waals surface area contributed by atoms with Crippen molar-refractivity contribution >= 4 is 11.3 Å². The SMILES string of the molecule is CCC(CC)N(C)Cc1csc(CNC2CC2)n1. The zero-order chi connectivity index (χ0) is 13.0. The molecule has 0 aliphatic heterocycles. The third-order valence-corrected chi connectivity index (χ3v) is 4.59. The third-order valence-electron chi connectivity index (χ3n) is 3.70. The number of hydrogen-bond acceptors (Lipinski definition) is 4. The molecular weight excluding hydrogens is 242 g/mol. The summed E-state index contributed by atoms with van der Waals surface area (Å²) in [7, 11) is 2.21. The average Bonchev–Trinajstić information content (AvgIpc) is 3.09. The Hall–Kier alpha value is -0.450. The molecule has 0 atom stereocenters. The summed E-state index contributed by atoms with van der Waals surface area (Å²) in [5.41, 5.74) is 1.22. The Labute approximate surface area is 115 Å². The predicted octanol–water partition coefficient (Wildman–Crippen LogP) is 3.02. The Morgan fingerprint density at radius 1 is 1.44 bits per heavy atom. The first-order valence-corrected chi connectivity index (χ1v) is 7.97. The van der Waals surface area contributed by atoms with Crippen LogP contribution in [-0.4, -0.2) is 29.0 Å². The molecule has 1 aromatic heterocycles. The topological polar surface area (TPSA) is 28.2 Å². The van der Waals surface area contributed by atoms with E-state index in [1.807, 2.05) is 0 Å². The standard InChI is InChI=1S/C14H25N3S/c1-4-13(5-2)17(3)9-12-10-18-14(16-12)8-15-11-6-7-11/h10-11,13,15H,4-9H2,1-3H3. The highest BCUT2D eigenvalue weighted by Crippen LogP contribution is 2.20. The first-order chi connectivity index (χ1) is 8.72. The summed E-state index contributed by atoms with van der Waals surface area (Å²) >= 11 is 1.79. The molecule has 3 nitrogen and oxygen atoms in total. The van der Waals surface area contributed by atoms with Gasteiger partial charge in [-0.2, -0.15) is 0 Å². The molecule has 0 aromatic carbocycles. The molecule has 1 aromatic rings. The Kier molecular flexibility index (Phi) is 5.15. The quantitative estimate of drug-likeness (QED) is 0.785. The molecule has 0 spiro atoms. The van der Waals surface area contributed by atoms with Crippen LogP contribution in [0.1, 0.15) is 50.2 Å². The maximum Gasteiger partial charge on any atom is 0.107 e. The van der Waals surface area contributed by atoms with Crippen LogP contribution < -0.4 is 5.32 Å². The Morgan fingerprint density at radius 3 is 2.78 bits per heavy atom. The largest absolute Gasteiger partial charge is 0.308 e. The van der Waals surface area contributed by atoms with Crippen molar-refractivity contribution in [2.75, 3.05) is 7.05 Å². The van der Waals surface area contributed by atoms with E-state index < -0.39 is 0 Å². The fraction of sp³-hybridized carbons (Fsp3) is 0.786. The maximum absolute atomic E-state index is 4.72. The van der Waals surface area contributed by atoms with E-state index in [0.29, 0.717) is 6.04 Å². The zero-order valence-electron chi connectivity index (χ0n) is 11.8. The molecule has 2 rings (SSSR count). The summed E-state index contributed by atoms with van der Waals surface area (Å²) in [6, 6.07) is 1.45. The van der Waals surface area contributed by atoms with Gasteiger partial charge in [0.15, 0.2) is 0 Å². The van der Waals surface area contributed by atoms with Crippen LogP contribution in [0.5, 0.6) is 0 Å². The van der Waals surface area contributed by atoms with Crippen molar-refractivity contribution < 1.29 is 0 Å². The highest BCUT2D eigenvalue weighted by Gasteiger charge is 2.20. The second-order valence-corrected chi connectivity index (χ2v) is 6.22. The van der Waals surface area contributed by atoms with Crippen molar-refractivity contribution in [2.24, 2.45) is 0 Å². The molecule has 0 bridgehead atoms. The van der Waals surface area contributed by atoms with Crippen LogP contribution in [0.15, 0.2) is 5.38 Å². The van der Waals surface area contributed by atoms with Gasteiger partial charge in [-0.15, -0.1) is 11.3 Å². The Morgan fingerprint density at radius 2 is 2.17 bits per heavy atom. The van der Waals surface area contributed by atoms with Crippen LogP contribution in [0.25, 0.3) is 0 Å². The first-order valence-electron chi connectivity index (χ1n) is 7.09. The number of hydrogen-bond donors (Lipinski definition) is 1. The number of aromatic nitrogens is 1. The van der Waals surface area contributed by atoms with E-state index in [1.165, 1.54) is 36.4 Å². The molecule has 0 unspecified atom stereocenters. The Bertz CT molecular complexity index is 356. The molecule has 102 valence electrons. The van der Waals surface area contributed by atoms with Gasteiger partial charge < -0.3 is 5.32 Å². The van der Waals surface area contributed by atoms with Gasteiger partial charge in [-0.25, -0.2) is 4.98 Å². The van der Waals surface area contributed by atoms with Gasteiger partial charge >= 0.3 is 0 Å². The number of nitrogens with zero attached hydrogens (tertiary/aromatic N) is 2. The molecule has 18 heavy (non-hydrogen) atoms. The molecule has 0 radical (unpaired) electrons. The normalized spacial score (nSPS) is 15.8. The summed E-state index contributed by atoms with van der Waals surface area (Å²) in [5.74, 6) is 0. The van der Waals surface area contributed by atoms with Gasteiger partial charge in [0, 0.05) is 30.6 Å². The van der Waals surface area contributed by atoms with Gasteiger partial charge in [-0.05, 0) is 32.7 Å². The summed E-state index contributed by atoms with van der Waals surface area (Å²) in [5, 5.41) is 6.96. The second-order valence-electron chi connectivity index (χ2n) is 5.27. The molecule has 1 heterocycles. The monoisotopic (exact) mass is 267 g/mol. The number of thiazole rings is 1. The van der Waals surface area contributed by atoms with Crippen LogP contribution in [0.3, 0.4) is 0 Å². The summed E-state index contributed by atoms with van der Waals surface area (Å²) in [6.45, 7) is 6.45. The molecule has 0 amide bonds. The highest BCUT2D eigenvalue weighted by atomic mass is 32.1. The molecule has 1 fully saturated rings. The molecule has 4 heteroatoms. The third kappa shape index (κ3) is 4.04. The number of rotatable bonds is 8. The lowest BCUT2D eigenvalue weighted by Crippen LogP contribution is -2.30. The Balaban J connectivity index is 1.80. The molecule has 0 saturated heterocycles. The van der Waals surface area contributed by atoms with Gasteiger partial charge in [0.2, 0.25) is 0 Å². The lowest BCUT2D eigenvalue weighted by molar-refractivity contribution is 0.219. The van der Waals surface area contributed by atoms with Crippen molar-refractivity contribution in [1.82, 2.24) is 15.2 Å². The predicted molar refractivity (Wildman–Crippen MR) is 77.8 cm³/mol. The first kappa shape index (κ1) is 14.0. The van der Waals surface area contributed by atoms with Gasteiger partial charge in [0.25, 0.3) is 0 Å². The van der Waals surface area contributed by atoms with Crippen molar-refractivity contribution in [3.05, 3.63) is 16.1 Å². The van der Waals surface area contributed by atoms with Crippen molar-refractivity contribution in [3.63, 3.8) is 0 Å². The van der Waals surface area contributed by atoms with Crippen LogP contribution in [0, 0.1) is 0 Å². The van der Waals surface area contributed by atoms with E-state index >= 15 is 0 Å². The summed E-state index contributed by atoms with van der Waals surface area (Å²) in [4.78, 5) is 7.14. The van der Waals surface area contributed by atoms with E-state index in [-0.39, 0.29) is 0 Å². The van der Waals surface area contributed by atoms with Crippen molar-refractivity contribution in [3.8, 4) is 0 Å². The van der Waals surface area contributed by atoms with Crippen molar-refractivity contribution in [2.45, 2.75) is 64.7 Å². The average molecular weight is 267 g/mol. The van der Waals surface area contributed by atoms with Crippen LogP contribution in [0.2, 0.25) is 0 Å². The van der Waals surface area contributed by atoms with E-state index in [0.717, 1.165) is 19.1 Å². The van der Waals surface area contributed by atoms with E-state index in [4.69, 9.17) is 4.98 Å². The smallest absolute Gasteiger partial charge is 0.107 e. The maximum atomic E-state index is 4.72. The molecule has 1 N–H and O–H groups in total. The lowest BCUT2D eigenvalue weighted by atomic mass is 10.1. The van der Waals surface area contributed by atoms with E-state index in [1.54, 1.807) is 11.3 Å². The second kappa shape index (κ2) is 6.64. The minimum Gasteiger partial charge on any atom is -0.308 e. The zero-order valence-corrected chi connectivity index (χ0v) is 12.6. The highest BCUT2D eigenvalue weighted by molar-refractivity contribution is 7.09. The van der Waals surface area contributed by atoms with E-state index in [2.05, 4.69) is 36.5 Å². The molecule has 1 saturated carbocycles. The minimum atomic E-state index is 0.680. The van der Waals surface area contributed by atoms with Crippen LogP contribution in [-0.2, 0) is 13.1 Å². The van der Waals surface area contributed by atoms with Crippen LogP contribution >= 0.6 is 11.3 Å². The van der Waals surface area contributed by atoms with Gasteiger partial charge in [0.1, 0.15) is 5.01 Å². The summed E-state index contributed by atoms with van der Waals surface area (Å²) in [6.07, 6.45) is 5.12. The van der Waals surface area contributed by atoms with E-state index in [9.17, 15) is 0 Å². The van der Waals surface area contributed by atoms with Gasteiger partial charge in [-0.1, -0.05) is 13.8 Å². The summed E-state index contributed by atoms with van der Waals surface area (Å²) < 4.78 is 0. The fourth-order valence-electron chi connectivity index (χ4n) is 2.32. The molecule has 1 aliphatic carbocycles. The number of nitrogens with one attached hydrogen (secondary N) is 1. The van der Waals surface area contributed by atoms with Crippen LogP contribution in [0.4, 0.5) is 0 Å². The molecular formula is C14H25N3S. The fourth-order valence-corrected chi connectivity index (χ4v) is 3.05. The molecule has 1 aliphatic rings.